The van der Waals surface area contributed by atoms with Crippen LogP contribution in [0.5, 0.6) is 0 Å². The van der Waals surface area contributed by atoms with Crippen LogP contribution in [-0.2, 0) is 9.53 Å². The van der Waals surface area contributed by atoms with Crippen molar-refractivity contribution < 1.29 is 13.9 Å². The summed E-state index contributed by atoms with van der Waals surface area (Å²) in [5.41, 5.74) is 0.675. The van der Waals surface area contributed by atoms with Crippen molar-refractivity contribution in [1.82, 2.24) is 4.90 Å². The van der Waals surface area contributed by atoms with E-state index in [0.717, 1.165) is 6.42 Å². The van der Waals surface area contributed by atoms with Crippen LogP contribution in [0.25, 0.3) is 0 Å². The van der Waals surface area contributed by atoms with Crippen molar-refractivity contribution in [2.75, 3.05) is 37.7 Å². The average Bonchev–Trinajstić information content (AvgIpc) is 2.71. The Labute approximate surface area is 173 Å². The Morgan fingerprint density at radius 1 is 1.28 bits per heavy atom. The summed E-state index contributed by atoms with van der Waals surface area (Å²) in [5, 5.41) is 9.25. The fourth-order valence-electron chi connectivity index (χ4n) is 4.66. The topological polar surface area (TPSA) is 56.6 Å². The van der Waals surface area contributed by atoms with Crippen LogP contribution in [0.2, 0.25) is 0 Å². The Kier molecular flexibility index (Phi) is 7.13. The number of anilines is 1. The molecule has 3 atom stereocenters. The van der Waals surface area contributed by atoms with E-state index in [9.17, 15) is 14.4 Å². The van der Waals surface area contributed by atoms with E-state index < -0.39 is 5.82 Å². The minimum Gasteiger partial charge on any atom is -0.368 e. The molecule has 1 aromatic carbocycles. The second-order valence-electron chi connectivity index (χ2n) is 8.79. The average molecular weight is 402 g/mol. The van der Waals surface area contributed by atoms with E-state index in [1.54, 1.807) is 12.1 Å². The van der Waals surface area contributed by atoms with Crippen molar-refractivity contribution in [3.05, 3.63) is 29.6 Å². The molecule has 3 rings (SSSR count). The van der Waals surface area contributed by atoms with Crippen LogP contribution in [0.15, 0.2) is 18.2 Å². The molecule has 2 fully saturated rings. The van der Waals surface area contributed by atoms with Crippen LogP contribution in [-0.4, -0.2) is 49.7 Å². The fourth-order valence-corrected chi connectivity index (χ4v) is 4.66. The molecule has 29 heavy (non-hydrogen) atoms. The summed E-state index contributed by atoms with van der Waals surface area (Å²) in [6.45, 7) is 9.13. The maximum atomic E-state index is 13.9. The lowest BCUT2D eigenvalue weighted by Gasteiger charge is -2.38. The lowest BCUT2D eigenvalue weighted by Crippen LogP contribution is -2.50. The molecular formula is C23H32FN3O2. The highest BCUT2D eigenvalue weighted by Gasteiger charge is 2.32. The van der Waals surface area contributed by atoms with Crippen LogP contribution in [0, 0.1) is 34.9 Å². The number of carbonyl (C=O) groups excluding carboxylic acids is 1. The number of halogens is 1. The van der Waals surface area contributed by atoms with E-state index in [1.807, 2.05) is 15.9 Å². The first-order valence-electron chi connectivity index (χ1n) is 10.7. The molecule has 1 saturated carbocycles. The highest BCUT2D eigenvalue weighted by Crippen LogP contribution is 2.35. The van der Waals surface area contributed by atoms with Gasteiger partial charge in [0.05, 0.1) is 11.8 Å². The molecule has 1 aliphatic heterocycles. The van der Waals surface area contributed by atoms with E-state index >= 15 is 0 Å². The van der Waals surface area contributed by atoms with Crippen molar-refractivity contribution in [2.45, 2.75) is 46.1 Å². The summed E-state index contributed by atoms with van der Waals surface area (Å²) >= 11 is 0. The van der Waals surface area contributed by atoms with Gasteiger partial charge in [-0.05, 0) is 42.7 Å². The summed E-state index contributed by atoms with van der Waals surface area (Å²) in [5.74, 6) is 1.25. The van der Waals surface area contributed by atoms with Gasteiger partial charge in [0.1, 0.15) is 24.1 Å². The SMILES string of the molecule is CC(C)[C@@H]1CC[C@@H](C)C[C@H]1OCC(=O)N1CCN(c2cccc(F)c2C#N)CC1. The predicted octanol–water partition coefficient (Wildman–Crippen LogP) is 3.82. The maximum Gasteiger partial charge on any atom is 0.248 e. The molecule has 2 aliphatic rings. The Hall–Kier alpha value is -2.13. The first-order chi connectivity index (χ1) is 13.9. The van der Waals surface area contributed by atoms with Gasteiger partial charge in [-0.3, -0.25) is 4.79 Å². The van der Waals surface area contributed by atoms with Crippen molar-refractivity contribution in [2.24, 2.45) is 17.8 Å². The highest BCUT2D eigenvalue weighted by atomic mass is 19.1. The minimum absolute atomic E-state index is 0.0186. The molecular weight excluding hydrogens is 369 g/mol. The van der Waals surface area contributed by atoms with Crippen molar-refractivity contribution in [3.8, 4) is 6.07 Å². The van der Waals surface area contributed by atoms with Crippen molar-refractivity contribution in [1.29, 1.82) is 5.26 Å². The fraction of sp³-hybridized carbons (Fsp3) is 0.652. The summed E-state index contributed by atoms with van der Waals surface area (Å²) in [4.78, 5) is 16.5. The summed E-state index contributed by atoms with van der Waals surface area (Å²) in [7, 11) is 0. The molecule has 1 saturated heterocycles. The van der Waals surface area contributed by atoms with E-state index in [2.05, 4.69) is 20.8 Å². The predicted molar refractivity (Wildman–Crippen MR) is 111 cm³/mol. The quantitative estimate of drug-likeness (QED) is 0.753. The van der Waals surface area contributed by atoms with Crippen LogP contribution in [0.4, 0.5) is 10.1 Å². The molecule has 1 aliphatic carbocycles. The third kappa shape index (κ3) is 5.08. The van der Waals surface area contributed by atoms with E-state index in [4.69, 9.17) is 4.74 Å². The molecule has 0 unspecified atom stereocenters. The van der Waals surface area contributed by atoms with Crippen LogP contribution < -0.4 is 4.90 Å². The maximum absolute atomic E-state index is 13.9. The van der Waals surface area contributed by atoms with E-state index in [1.165, 1.54) is 18.9 Å². The van der Waals surface area contributed by atoms with Gasteiger partial charge in [0.15, 0.2) is 0 Å². The molecule has 1 amide bonds. The zero-order valence-corrected chi connectivity index (χ0v) is 17.7. The number of nitriles is 1. The summed E-state index contributed by atoms with van der Waals surface area (Å²) in [6, 6.07) is 6.63. The van der Waals surface area contributed by atoms with Gasteiger partial charge in [-0.15, -0.1) is 0 Å². The lowest BCUT2D eigenvalue weighted by atomic mass is 9.75. The second-order valence-corrected chi connectivity index (χ2v) is 8.79. The van der Waals surface area contributed by atoms with E-state index in [0.29, 0.717) is 49.6 Å². The summed E-state index contributed by atoms with van der Waals surface area (Å²) in [6.07, 6.45) is 3.60. The van der Waals surface area contributed by atoms with Crippen molar-refractivity contribution >= 4 is 11.6 Å². The number of amides is 1. The Morgan fingerprint density at radius 2 is 2.00 bits per heavy atom. The van der Waals surface area contributed by atoms with Gasteiger partial charge in [-0.2, -0.15) is 5.26 Å². The number of piperazine rings is 1. The molecule has 1 heterocycles. The van der Waals surface area contributed by atoms with Gasteiger partial charge < -0.3 is 14.5 Å². The Balaban J connectivity index is 1.53. The third-order valence-corrected chi connectivity index (χ3v) is 6.46. The van der Waals surface area contributed by atoms with Gasteiger partial charge in [-0.1, -0.05) is 33.3 Å². The molecule has 158 valence electrons. The van der Waals surface area contributed by atoms with Crippen LogP contribution in [0.3, 0.4) is 0 Å². The standard InChI is InChI=1S/C23H32FN3O2/c1-16(2)18-8-7-17(3)13-22(18)29-15-23(28)27-11-9-26(10-12-27)21-6-4-5-20(24)19(21)14-25/h4-6,16-18,22H,7-13,15H2,1-3H3/t17-,18+,22-/m1/s1. The number of hydrogen-bond acceptors (Lipinski definition) is 4. The molecule has 6 heteroatoms. The van der Waals surface area contributed by atoms with Gasteiger partial charge >= 0.3 is 0 Å². The number of nitrogens with zero attached hydrogens (tertiary/aromatic N) is 3. The smallest absolute Gasteiger partial charge is 0.248 e. The van der Waals surface area contributed by atoms with Gasteiger partial charge in [-0.25, -0.2) is 4.39 Å². The second kappa shape index (κ2) is 9.58. The summed E-state index contributed by atoms with van der Waals surface area (Å²) < 4.78 is 20.0. The molecule has 0 aromatic heterocycles. The zero-order chi connectivity index (χ0) is 21.0. The van der Waals surface area contributed by atoms with Crippen LogP contribution in [0.1, 0.15) is 45.6 Å². The number of rotatable bonds is 5. The first kappa shape index (κ1) is 21.6. The van der Waals surface area contributed by atoms with E-state index in [-0.39, 0.29) is 24.2 Å². The highest BCUT2D eigenvalue weighted by molar-refractivity contribution is 5.78. The Morgan fingerprint density at radius 3 is 2.66 bits per heavy atom. The molecule has 5 nitrogen and oxygen atoms in total. The molecule has 0 N–H and O–H groups in total. The number of carbonyl (C=O) groups is 1. The van der Waals surface area contributed by atoms with Gasteiger partial charge in [0.2, 0.25) is 5.91 Å². The lowest BCUT2D eigenvalue weighted by molar-refractivity contribution is -0.141. The Bertz CT molecular complexity index is 753. The normalized spacial score (nSPS) is 25.2. The monoisotopic (exact) mass is 401 g/mol. The first-order valence-corrected chi connectivity index (χ1v) is 10.7. The number of benzene rings is 1. The van der Waals surface area contributed by atoms with Crippen molar-refractivity contribution in [3.63, 3.8) is 0 Å². The number of hydrogen-bond donors (Lipinski definition) is 0. The minimum atomic E-state index is -0.502. The molecule has 1 aromatic rings. The zero-order valence-electron chi connectivity index (χ0n) is 17.7. The van der Waals surface area contributed by atoms with Gasteiger partial charge in [0, 0.05) is 26.2 Å². The van der Waals surface area contributed by atoms with Crippen LogP contribution >= 0.6 is 0 Å². The molecule has 0 spiro atoms. The molecule has 0 bridgehead atoms. The third-order valence-electron chi connectivity index (χ3n) is 6.46. The largest absolute Gasteiger partial charge is 0.368 e. The molecule has 0 radical (unpaired) electrons. The number of ether oxygens (including phenoxy) is 1. The van der Waals surface area contributed by atoms with Gasteiger partial charge in [0.25, 0.3) is 0 Å².